The molecule has 0 aliphatic carbocycles. The fourth-order valence-electron chi connectivity index (χ4n) is 4.13. The second kappa shape index (κ2) is 9.87. The number of nitrogens with zero attached hydrogens (tertiary/aromatic N) is 2. The lowest BCUT2D eigenvalue weighted by Crippen LogP contribution is -2.29. The number of methoxy groups -OCH3 is 1. The summed E-state index contributed by atoms with van der Waals surface area (Å²) in [5.41, 5.74) is 1.29. The average Bonchev–Trinajstić information content (AvgIpc) is 3.45. The Labute approximate surface area is 215 Å². The molecule has 2 heterocycles. The summed E-state index contributed by atoms with van der Waals surface area (Å²) < 4.78 is 25.1. The molecule has 1 aliphatic heterocycles. The maximum atomic E-state index is 13.5. The third-order valence-corrected chi connectivity index (χ3v) is 6.93. The molecule has 4 aromatic rings. The SMILES string of the molecule is C=CCOc1ccc(C2C(=C(O)c3ccc(F)cc3)C(=O)C(=O)N2c2nc3ccc(OC)cc3s2)cc1. The number of anilines is 1. The van der Waals surface area contributed by atoms with E-state index in [2.05, 4.69) is 11.6 Å². The molecule has 1 N–H and O–H groups in total. The Balaban J connectivity index is 1.67. The predicted molar refractivity (Wildman–Crippen MR) is 139 cm³/mol. The zero-order valence-electron chi connectivity index (χ0n) is 19.7. The summed E-state index contributed by atoms with van der Waals surface area (Å²) in [5.74, 6) is -1.38. The van der Waals surface area contributed by atoms with Gasteiger partial charge in [-0.15, -0.1) is 0 Å². The van der Waals surface area contributed by atoms with E-state index in [4.69, 9.17) is 9.47 Å². The quantitative estimate of drug-likeness (QED) is 0.148. The van der Waals surface area contributed by atoms with Crippen LogP contribution in [0.2, 0.25) is 0 Å². The lowest BCUT2D eigenvalue weighted by Gasteiger charge is -2.23. The lowest BCUT2D eigenvalue weighted by atomic mass is 9.95. The molecule has 0 saturated carbocycles. The van der Waals surface area contributed by atoms with E-state index < -0.39 is 29.3 Å². The number of carbonyl (C=O) groups is 2. The van der Waals surface area contributed by atoms with Gasteiger partial charge in [-0.3, -0.25) is 14.5 Å². The molecule has 1 amide bonds. The molecule has 1 atom stereocenters. The van der Waals surface area contributed by atoms with Crippen molar-refractivity contribution in [3.8, 4) is 11.5 Å². The Kier molecular flexibility index (Phi) is 6.45. The number of fused-ring (bicyclic) bond motifs is 1. The summed E-state index contributed by atoms with van der Waals surface area (Å²) in [7, 11) is 1.56. The number of rotatable bonds is 7. The highest BCUT2D eigenvalue weighted by molar-refractivity contribution is 7.22. The van der Waals surface area contributed by atoms with E-state index in [-0.39, 0.29) is 11.1 Å². The zero-order valence-corrected chi connectivity index (χ0v) is 20.5. The molecule has 0 spiro atoms. The van der Waals surface area contributed by atoms with Gasteiger partial charge in [-0.25, -0.2) is 9.37 Å². The summed E-state index contributed by atoms with van der Waals surface area (Å²) in [5, 5.41) is 11.5. The van der Waals surface area contributed by atoms with Crippen LogP contribution in [0.25, 0.3) is 16.0 Å². The minimum absolute atomic E-state index is 0.117. The van der Waals surface area contributed by atoms with Crippen molar-refractivity contribution in [3.05, 3.63) is 102 Å². The molecule has 1 saturated heterocycles. The van der Waals surface area contributed by atoms with Gasteiger partial charge in [0.05, 0.1) is 28.9 Å². The van der Waals surface area contributed by atoms with Gasteiger partial charge in [0.2, 0.25) is 0 Å². The molecule has 1 unspecified atom stereocenters. The van der Waals surface area contributed by atoms with Gasteiger partial charge in [0, 0.05) is 5.56 Å². The van der Waals surface area contributed by atoms with Gasteiger partial charge in [0.25, 0.3) is 5.78 Å². The fraction of sp³-hybridized carbons (Fsp3) is 0.107. The second-order valence-electron chi connectivity index (χ2n) is 8.17. The van der Waals surface area contributed by atoms with Crippen LogP contribution >= 0.6 is 11.3 Å². The van der Waals surface area contributed by atoms with Crippen LogP contribution in [0.3, 0.4) is 0 Å². The molecule has 0 radical (unpaired) electrons. The van der Waals surface area contributed by atoms with Gasteiger partial charge in [-0.1, -0.05) is 36.1 Å². The van der Waals surface area contributed by atoms with Crippen LogP contribution in [-0.4, -0.2) is 35.5 Å². The first kappa shape index (κ1) is 24.2. The Morgan fingerprint density at radius 2 is 1.81 bits per heavy atom. The van der Waals surface area contributed by atoms with Crippen LogP contribution in [0.1, 0.15) is 17.2 Å². The molecule has 5 rings (SSSR count). The van der Waals surface area contributed by atoms with Crippen LogP contribution in [0.15, 0.2) is 85.0 Å². The van der Waals surface area contributed by atoms with Crippen molar-refractivity contribution in [2.24, 2.45) is 0 Å². The van der Waals surface area contributed by atoms with Gasteiger partial charge in [0.15, 0.2) is 5.13 Å². The van der Waals surface area contributed by atoms with E-state index in [0.29, 0.717) is 34.3 Å². The standard InChI is InChI=1S/C28H21FN2O5S/c1-3-14-36-19-10-6-16(7-11-19)24-23(25(32)17-4-8-18(29)9-5-17)26(33)27(34)31(24)28-30-21-13-12-20(35-2)15-22(21)37-28/h3-13,15,24,32H,1,14H2,2H3. The molecule has 1 fully saturated rings. The van der Waals surface area contributed by atoms with E-state index in [1.54, 1.807) is 55.7 Å². The molecule has 186 valence electrons. The normalized spacial score (nSPS) is 16.8. The van der Waals surface area contributed by atoms with Gasteiger partial charge in [0.1, 0.15) is 29.7 Å². The van der Waals surface area contributed by atoms with Gasteiger partial charge >= 0.3 is 5.91 Å². The predicted octanol–water partition coefficient (Wildman–Crippen LogP) is 5.64. The van der Waals surface area contributed by atoms with Crippen LogP contribution in [0, 0.1) is 5.82 Å². The Morgan fingerprint density at radius 3 is 2.49 bits per heavy atom. The van der Waals surface area contributed by atoms with Crippen molar-refractivity contribution >= 4 is 44.1 Å². The summed E-state index contributed by atoms with van der Waals surface area (Å²) in [6.45, 7) is 3.95. The van der Waals surface area contributed by atoms with Crippen LogP contribution in [0.5, 0.6) is 11.5 Å². The highest BCUT2D eigenvalue weighted by atomic mass is 32.1. The number of halogens is 1. The Morgan fingerprint density at radius 1 is 1.11 bits per heavy atom. The molecule has 1 aliphatic rings. The minimum Gasteiger partial charge on any atom is -0.507 e. The average molecular weight is 517 g/mol. The minimum atomic E-state index is -0.971. The highest BCUT2D eigenvalue weighted by Gasteiger charge is 2.48. The Hall–Kier alpha value is -4.50. The van der Waals surface area contributed by atoms with Crippen molar-refractivity contribution in [2.75, 3.05) is 18.6 Å². The first-order chi connectivity index (χ1) is 17.9. The maximum absolute atomic E-state index is 13.5. The topological polar surface area (TPSA) is 89.0 Å². The van der Waals surface area contributed by atoms with E-state index >= 15 is 0 Å². The molecular weight excluding hydrogens is 495 g/mol. The van der Waals surface area contributed by atoms with Crippen LogP contribution in [-0.2, 0) is 9.59 Å². The maximum Gasteiger partial charge on any atom is 0.301 e. The first-order valence-electron chi connectivity index (χ1n) is 11.3. The number of carbonyl (C=O) groups excluding carboxylic acids is 2. The number of aliphatic hydroxyl groups excluding tert-OH is 1. The number of ether oxygens (including phenoxy) is 2. The van der Waals surface area contributed by atoms with Crippen molar-refractivity contribution in [2.45, 2.75) is 6.04 Å². The van der Waals surface area contributed by atoms with Crippen LogP contribution < -0.4 is 14.4 Å². The Bertz CT molecular complexity index is 1540. The van der Waals surface area contributed by atoms with Gasteiger partial charge < -0.3 is 14.6 Å². The van der Waals surface area contributed by atoms with E-state index in [0.717, 1.165) is 4.70 Å². The number of amides is 1. The summed E-state index contributed by atoms with van der Waals surface area (Å²) in [6, 6.07) is 16.3. The summed E-state index contributed by atoms with van der Waals surface area (Å²) in [4.78, 5) is 32.6. The smallest absolute Gasteiger partial charge is 0.301 e. The zero-order chi connectivity index (χ0) is 26.1. The monoisotopic (exact) mass is 516 g/mol. The van der Waals surface area contributed by atoms with Crippen LogP contribution in [0.4, 0.5) is 9.52 Å². The van der Waals surface area contributed by atoms with E-state index in [1.165, 1.54) is 40.5 Å². The molecule has 9 heteroatoms. The van der Waals surface area contributed by atoms with E-state index in [9.17, 15) is 19.1 Å². The molecule has 0 bridgehead atoms. The molecule has 1 aromatic heterocycles. The molecular formula is C28H21FN2O5S. The summed E-state index contributed by atoms with van der Waals surface area (Å²) >= 11 is 1.23. The fourth-order valence-corrected chi connectivity index (χ4v) is 5.15. The van der Waals surface area contributed by atoms with Crippen molar-refractivity contribution in [1.29, 1.82) is 0 Å². The number of aliphatic hydroxyl groups is 1. The largest absolute Gasteiger partial charge is 0.507 e. The van der Waals surface area contributed by atoms with Crippen molar-refractivity contribution in [3.63, 3.8) is 0 Å². The number of thiazole rings is 1. The molecule has 37 heavy (non-hydrogen) atoms. The number of aromatic nitrogens is 1. The number of ketones is 1. The van der Waals surface area contributed by atoms with Gasteiger partial charge in [-0.2, -0.15) is 0 Å². The number of Topliss-reactive ketones (excluding diaryl/α,β-unsaturated/α-hetero) is 1. The van der Waals surface area contributed by atoms with Crippen molar-refractivity contribution < 1.29 is 28.6 Å². The summed E-state index contributed by atoms with van der Waals surface area (Å²) in [6.07, 6.45) is 1.62. The second-order valence-corrected chi connectivity index (χ2v) is 9.18. The number of hydrogen-bond acceptors (Lipinski definition) is 7. The highest BCUT2D eigenvalue weighted by Crippen LogP contribution is 2.44. The first-order valence-corrected chi connectivity index (χ1v) is 12.1. The number of hydrogen-bond donors (Lipinski definition) is 1. The molecule has 3 aromatic carbocycles. The lowest BCUT2D eigenvalue weighted by molar-refractivity contribution is -0.132. The van der Waals surface area contributed by atoms with Crippen molar-refractivity contribution in [1.82, 2.24) is 4.98 Å². The number of benzene rings is 3. The third-order valence-electron chi connectivity index (χ3n) is 5.92. The molecule has 7 nitrogen and oxygen atoms in total. The van der Waals surface area contributed by atoms with Gasteiger partial charge in [-0.05, 0) is 60.2 Å². The third kappa shape index (κ3) is 4.45. The van der Waals surface area contributed by atoms with E-state index in [1.807, 2.05) is 0 Å².